The van der Waals surface area contributed by atoms with Gasteiger partial charge < -0.3 is 19.9 Å². The second-order valence-electron chi connectivity index (χ2n) is 3.45. The predicted molar refractivity (Wildman–Crippen MR) is 63.0 cm³/mol. The lowest BCUT2D eigenvalue weighted by molar-refractivity contribution is 0.107. The Hall–Kier alpha value is -1.26. The molecule has 0 aliphatic heterocycles. The maximum absolute atomic E-state index is 9.55. The topological polar surface area (TPSA) is 50.7 Å². The highest BCUT2D eigenvalue weighted by atomic mass is 16.5. The van der Waals surface area contributed by atoms with Gasteiger partial charge in [-0.25, -0.2) is 0 Å². The van der Waals surface area contributed by atoms with Gasteiger partial charge in [0.05, 0.1) is 7.11 Å². The van der Waals surface area contributed by atoms with Crippen LogP contribution in [0.1, 0.15) is 6.92 Å². The number of rotatable bonds is 7. The summed E-state index contributed by atoms with van der Waals surface area (Å²) in [6.07, 6.45) is -0.494. The van der Waals surface area contributed by atoms with Gasteiger partial charge in [-0.15, -0.1) is 0 Å². The minimum atomic E-state index is -0.494. The molecule has 0 spiro atoms. The van der Waals surface area contributed by atoms with Crippen LogP contribution in [0.5, 0.6) is 11.5 Å². The summed E-state index contributed by atoms with van der Waals surface area (Å²) >= 11 is 0. The van der Waals surface area contributed by atoms with E-state index in [-0.39, 0.29) is 6.61 Å². The predicted octanol–water partition coefficient (Wildman–Crippen LogP) is 1.04. The standard InChI is InChI=1S/C12H19NO3/c1-3-13-8-10(14)9-16-12-6-4-5-11(7-12)15-2/h4-7,10,13-14H,3,8-9H2,1-2H3. The Morgan fingerprint density at radius 3 is 2.81 bits per heavy atom. The average Bonchev–Trinajstić information content (AvgIpc) is 2.34. The van der Waals surface area contributed by atoms with Gasteiger partial charge in [-0.2, -0.15) is 0 Å². The molecule has 0 aliphatic rings. The highest BCUT2D eigenvalue weighted by Crippen LogP contribution is 2.18. The molecule has 0 saturated carbocycles. The van der Waals surface area contributed by atoms with Gasteiger partial charge in [0.1, 0.15) is 24.2 Å². The number of methoxy groups -OCH3 is 1. The third-order valence-electron chi connectivity index (χ3n) is 2.11. The fourth-order valence-electron chi connectivity index (χ4n) is 1.25. The summed E-state index contributed by atoms with van der Waals surface area (Å²) in [6, 6.07) is 7.33. The lowest BCUT2D eigenvalue weighted by atomic mass is 10.3. The molecule has 0 saturated heterocycles. The van der Waals surface area contributed by atoms with Crippen molar-refractivity contribution in [1.82, 2.24) is 5.32 Å². The Morgan fingerprint density at radius 1 is 1.38 bits per heavy atom. The summed E-state index contributed by atoms with van der Waals surface area (Å²) < 4.78 is 10.5. The minimum Gasteiger partial charge on any atom is -0.497 e. The van der Waals surface area contributed by atoms with Crippen molar-refractivity contribution in [3.05, 3.63) is 24.3 Å². The molecule has 1 rings (SSSR count). The van der Waals surface area contributed by atoms with Gasteiger partial charge in [0.2, 0.25) is 0 Å². The molecule has 0 aliphatic carbocycles. The number of hydrogen-bond donors (Lipinski definition) is 2. The van der Waals surface area contributed by atoms with E-state index in [0.717, 1.165) is 12.3 Å². The number of ether oxygens (including phenoxy) is 2. The molecule has 0 bridgehead atoms. The zero-order chi connectivity index (χ0) is 11.8. The number of benzene rings is 1. The van der Waals surface area contributed by atoms with Gasteiger partial charge in [-0.05, 0) is 18.7 Å². The van der Waals surface area contributed by atoms with Crippen LogP contribution in [0.25, 0.3) is 0 Å². The van der Waals surface area contributed by atoms with Crippen molar-refractivity contribution >= 4 is 0 Å². The van der Waals surface area contributed by atoms with Gasteiger partial charge in [-0.3, -0.25) is 0 Å². The van der Waals surface area contributed by atoms with Crippen LogP contribution in [0, 0.1) is 0 Å². The Bertz CT molecular complexity index is 304. The van der Waals surface area contributed by atoms with Crippen LogP contribution >= 0.6 is 0 Å². The summed E-state index contributed by atoms with van der Waals surface area (Å²) in [5.41, 5.74) is 0. The van der Waals surface area contributed by atoms with Crippen LogP contribution in [0.15, 0.2) is 24.3 Å². The Kier molecular flexibility index (Phi) is 5.67. The van der Waals surface area contributed by atoms with E-state index in [1.54, 1.807) is 13.2 Å². The smallest absolute Gasteiger partial charge is 0.123 e. The average molecular weight is 225 g/mol. The first-order valence-electron chi connectivity index (χ1n) is 5.42. The molecule has 4 nitrogen and oxygen atoms in total. The van der Waals surface area contributed by atoms with E-state index in [2.05, 4.69) is 5.32 Å². The highest BCUT2D eigenvalue weighted by molar-refractivity contribution is 5.32. The Labute approximate surface area is 96.2 Å². The van der Waals surface area contributed by atoms with E-state index in [1.807, 2.05) is 25.1 Å². The summed E-state index contributed by atoms with van der Waals surface area (Å²) in [5.74, 6) is 1.45. The summed E-state index contributed by atoms with van der Waals surface area (Å²) in [5, 5.41) is 12.6. The normalized spacial score (nSPS) is 12.2. The van der Waals surface area contributed by atoms with E-state index in [9.17, 15) is 5.11 Å². The van der Waals surface area contributed by atoms with Crippen molar-refractivity contribution < 1.29 is 14.6 Å². The lowest BCUT2D eigenvalue weighted by Crippen LogP contribution is -2.31. The van der Waals surface area contributed by atoms with Crippen LogP contribution in [-0.2, 0) is 0 Å². The third kappa shape index (κ3) is 4.51. The van der Waals surface area contributed by atoms with Gasteiger partial charge >= 0.3 is 0 Å². The molecule has 16 heavy (non-hydrogen) atoms. The van der Waals surface area contributed by atoms with E-state index in [0.29, 0.717) is 12.3 Å². The Morgan fingerprint density at radius 2 is 2.12 bits per heavy atom. The van der Waals surface area contributed by atoms with Crippen molar-refractivity contribution in [2.45, 2.75) is 13.0 Å². The van der Waals surface area contributed by atoms with E-state index < -0.39 is 6.10 Å². The second-order valence-corrected chi connectivity index (χ2v) is 3.45. The maximum Gasteiger partial charge on any atom is 0.123 e. The van der Waals surface area contributed by atoms with Crippen molar-refractivity contribution in [3.63, 3.8) is 0 Å². The molecule has 0 fully saturated rings. The monoisotopic (exact) mass is 225 g/mol. The first kappa shape index (κ1) is 12.8. The molecule has 4 heteroatoms. The van der Waals surface area contributed by atoms with Gasteiger partial charge in [-0.1, -0.05) is 13.0 Å². The van der Waals surface area contributed by atoms with E-state index in [1.165, 1.54) is 0 Å². The number of likely N-dealkylation sites (N-methyl/N-ethyl adjacent to an activating group) is 1. The van der Waals surface area contributed by atoms with Crippen LogP contribution < -0.4 is 14.8 Å². The van der Waals surface area contributed by atoms with Gasteiger partial charge in [0, 0.05) is 12.6 Å². The molecule has 90 valence electrons. The highest BCUT2D eigenvalue weighted by Gasteiger charge is 2.04. The zero-order valence-electron chi connectivity index (χ0n) is 9.77. The summed E-state index contributed by atoms with van der Waals surface area (Å²) in [4.78, 5) is 0. The number of nitrogens with one attached hydrogen (secondary N) is 1. The molecule has 1 aromatic rings. The molecule has 0 radical (unpaired) electrons. The van der Waals surface area contributed by atoms with E-state index >= 15 is 0 Å². The molecule has 2 N–H and O–H groups in total. The minimum absolute atomic E-state index is 0.278. The van der Waals surface area contributed by atoms with Crippen molar-refractivity contribution in [1.29, 1.82) is 0 Å². The first-order valence-corrected chi connectivity index (χ1v) is 5.42. The first-order chi connectivity index (χ1) is 7.76. The fourth-order valence-corrected chi connectivity index (χ4v) is 1.25. The largest absolute Gasteiger partial charge is 0.497 e. The summed E-state index contributed by atoms with van der Waals surface area (Å²) in [7, 11) is 1.61. The third-order valence-corrected chi connectivity index (χ3v) is 2.11. The number of aliphatic hydroxyl groups excluding tert-OH is 1. The van der Waals surface area contributed by atoms with Crippen molar-refractivity contribution in [2.75, 3.05) is 26.8 Å². The second kappa shape index (κ2) is 7.09. The molecule has 1 atom stereocenters. The van der Waals surface area contributed by atoms with Crippen molar-refractivity contribution in [3.8, 4) is 11.5 Å². The number of aliphatic hydroxyl groups is 1. The molecular weight excluding hydrogens is 206 g/mol. The molecule has 0 amide bonds. The van der Waals surface area contributed by atoms with Crippen LogP contribution in [0.3, 0.4) is 0 Å². The number of hydrogen-bond acceptors (Lipinski definition) is 4. The van der Waals surface area contributed by atoms with Gasteiger partial charge in [0.15, 0.2) is 0 Å². The quantitative estimate of drug-likeness (QED) is 0.728. The zero-order valence-corrected chi connectivity index (χ0v) is 9.77. The van der Waals surface area contributed by atoms with Crippen LogP contribution in [0.2, 0.25) is 0 Å². The molecule has 1 aromatic carbocycles. The lowest BCUT2D eigenvalue weighted by Gasteiger charge is -2.12. The fraction of sp³-hybridized carbons (Fsp3) is 0.500. The van der Waals surface area contributed by atoms with Crippen LogP contribution in [-0.4, -0.2) is 38.0 Å². The molecule has 0 heterocycles. The Balaban J connectivity index is 2.35. The van der Waals surface area contributed by atoms with Crippen molar-refractivity contribution in [2.24, 2.45) is 0 Å². The summed E-state index contributed by atoms with van der Waals surface area (Å²) in [6.45, 7) is 3.66. The molecular formula is C12H19NO3. The maximum atomic E-state index is 9.55. The molecule has 1 unspecified atom stereocenters. The van der Waals surface area contributed by atoms with Gasteiger partial charge in [0.25, 0.3) is 0 Å². The molecule has 0 aromatic heterocycles. The van der Waals surface area contributed by atoms with Crippen LogP contribution in [0.4, 0.5) is 0 Å². The SMILES string of the molecule is CCNCC(O)COc1cccc(OC)c1. The van der Waals surface area contributed by atoms with E-state index in [4.69, 9.17) is 9.47 Å².